The molecule has 1 nitrogen and oxygen atoms in total. The van der Waals surface area contributed by atoms with Crippen LogP contribution in [0, 0.1) is 11.8 Å². The average molecular weight is 259 g/mol. The second kappa shape index (κ2) is 3.76. The van der Waals surface area contributed by atoms with Gasteiger partial charge in [0.1, 0.15) is 0 Å². The van der Waals surface area contributed by atoms with Crippen LogP contribution in [-0.4, -0.2) is 4.98 Å². The molecule has 2 unspecified atom stereocenters. The summed E-state index contributed by atoms with van der Waals surface area (Å²) in [7, 11) is 0. The smallest absolute Gasteiger partial charge is 0.0470 e. The van der Waals surface area contributed by atoms with Crippen molar-refractivity contribution in [2.45, 2.75) is 19.3 Å². The monoisotopic (exact) mass is 259 g/mol. The van der Waals surface area contributed by atoms with Crippen molar-refractivity contribution in [3.63, 3.8) is 0 Å². The minimum atomic E-state index is 0.821. The molecular weight excluding hydrogens is 242 g/mol. The Balaban J connectivity index is 1.72. The lowest BCUT2D eigenvalue weighted by Crippen LogP contribution is -1.96. The average Bonchev–Trinajstić information content (AvgIpc) is 3.19. The van der Waals surface area contributed by atoms with Crippen LogP contribution in [0.3, 0.4) is 0 Å². The molecule has 2 bridgehead atoms. The number of hydrogen-bond donors (Lipinski definition) is 1. The number of nitrogens with one attached hydrogen (secondary N) is 1. The number of aromatic amines is 1. The lowest BCUT2D eigenvalue weighted by molar-refractivity contribution is 0.695. The van der Waals surface area contributed by atoms with Crippen LogP contribution < -0.4 is 0 Å². The van der Waals surface area contributed by atoms with Crippen molar-refractivity contribution in [3.05, 3.63) is 54.1 Å². The maximum absolute atomic E-state index is 3.56. The van der Waals surface area contributed by atoms with Gasteiger partial charge in [0, 0.05) is 21.8 Å². The summed E-state index contributed by atoms with van der Waals surface area (Å²) < 4.78 is 0. The molecule has 0 saturated heterocycles. The van der Waals surface area contributed by atoms with Crippen LogP contribution in [0.1, 0.15) is 24.8 Å². The zero-order valence-electron chi connectivity index (χ0n) is 11.4. The van der Waals surface area contributed by atoms with Gasteiger partial charge in [0.2, 0.25) is 0 Å². The van der Waals surface area contributed by atoms with Crippen LogP contribution in [0.25, 0.3) is 27.4 Å². The zero-order chi connectivity index (χ0) is 13.1. The maximum atomic E-state index is 3.56. The van der Waals surface area contributed by atoms with E-state index in [2.05, 4.69) is 53.5 Å². The molecule has 0 radical (unpaired) electrons. The summed E-state index contributed by atoms with van der Waals surface area (Å²) in [5.41, 5.74) is 5.53. The number of fused-ring (bicyclic) bond motifs is 5. The number of aromatic nitrogens is 1. The summed E-state index contributed by atoms with van der Waals surface area (Å²) in [5.74, 6) is 1.68. The standard InChI is InChI=1S/C19H17N/c1-2-4-18-15(3-1)16-8-7-14(11-19(16)20-18)17-10-12-5-6-13(17)9-12/h1-4,7-8,10-13,20H,5-6,9H2. The zero-order valence-corrected chi connectivity index (χ0v) is 11.4. The Bertz CT molecular complexity index is 852. The normalized spacial score (nSPS) is 24.7. The van der Waals surface area contributed by atoms with E-state index in [-0.39, 0.29) is 0 Å². The lowest BCUT2D eigenvalue weighted by Gasteiger charge is -2.13. The van der Waals surface area contributed by atoms with Crippen LogP contribution in [-0.2, 0) is 0 Å². The predicted octanol–water partition coefficient (Wildman–Crippen LogP) is 5.13. The third-order valence-electron chi connectivity index (χ3n) is 5.17. The molecule has 1 N–H and O–H groups in total. The number of para-hydroxylation sites is 1. The number of hydrogen-bond acceptors (Lipinski definition) is 0. The van der Waals surface area contributed by atoms with Crippen LogP contribution in [0.5, 0.6) is 0 Å². The molecule has 0 spiro atoms. The van der Waals surface area contributed by atoms with E-state index in [0.717, 1.165) is 11.8 Å². The summed E-state index contributed by atoms with van der Waals surface area (Å²) in [6.45, 7) is 0. The van der Waals surface area contributed by atoms with Crippen LogP contribution in [0.15, 0.2) is 48.5 Å². The van der Waals surface area contributed by atoms with Gasteiger partial charge in [0.25, 0.3) is 0 Å². The Morgan fingerprint density at radius 2 is 1.80 bits per heavy atom. The Morgan fingerprint density at radius 3 is 2.65 bits per heavy atom. The van der Waals surface area contributed by atoms with Crippen molar-refractivity contribution in [2.75, 3.05) is 0 Å². The van der Waals surface area contributed by atoms with E-state index in [1.54, 1.807) is 5.57 Å². The van der Waals surface area contributed by atoms with Gasteiger partial charge in [-0.15, -0.1) is 0 Å². The fourth-order valence-corrected chi connectivity index (χ4v) is 4.21. The topological polar surface area (TPSA) is 15.8 Å². The van der Waals surface area contributed by atoms with Crippen molar-refractivity contribution in [1.82, 2.24) is 4.98 Å². The van der Waals surface area contributed by atoms with Crippen LogP contribution in [0.4, 0.5) is 0 Å². The third-order valence-corrected chi connectivity index (χ3v) is 5.17. The second-order valence-electron chi connectivity index (χ2n) is 6.32. The maximum Gasteiger partial charge on any atom is 0.0470 e. The van der Waals surface area contributed by atoms with E-state index >= 15 is 0 Å². The molecule has 1 heterocycles. The summed E-state index contributed by atoms with van der Waals surface area (Å²) in [6, 6.07) is 15.5. The molecule has 1 saturated carbocycles. The lowest BCUT2D eigenvalue weighted by atomic mass is 9.92. The minimum Gasteiger partial charge on any atom is -0.354 e. The molecule has 2 atom stereocenters. The highest BCUT2D eigenvalue weighted by molar-refractivity contribution is 6.07. The first kappa shape index (κ1) is 10.7. The van der Waals surface area contributed by atoms with Gasteiger partial charge in [0.05, 0.1) is 0 Å². The van der Waals surface area contributed by atoms with E-state index in [0.29, 0.717) is 0 Å². The quantitative estimate of drug-likeness (QED) is 0.623. The van der Waals surface area contributed by atoms with Crippen LogP contribution >= 0.6 is 0 Å². The highest BCUT2D eigenvalue weighted by Gasteiger charge is 2.33. The fraction of sp³-hybridized carbons (Fsp3) is 0.263. The SMILES string of the molecule is C1=C(c2ccc3c(c2)[nH]c2ccccc23)C2CCC1C2. The summed E-state index contributed by atoms with van der Waals surface area (Å²) in [4.78, 5) is 3.56. The molecule has 0 amide bonds. The van der Waals surface area contributed by atoms with Gasteiger partial charge in [-0.05, 0) is 54.4 Å². The van der Waals surface area contributed by atoms with E-state index < -0.39 is 0 Å². The molecule has 2 aromatic carbocycles. The van der Waals surface area contributed by atoms with Crippen molar-refractivity contribution in [2.24, 2.45) is 11.8 Å². The first-order valence-corrected chi connectivity index (χ1v) is 7.61. The van der Waals surface area contributed by atoms with E-state index in [1.807, 2.05) is 0 Å². The molecule has 0 aliphatic heterocycles. The molecule has 2 aliphatic carbocycles. The fourth-order valence-electron chi connectivity index (χ4n) is 4.21. The molecular formula is C19H17N. The Morgan fingerprint density at radius 1 is 0.900 bits per heavy atom. The van der Waals surface area contributed by atoms with Crippen molar-refractivity contribution in [1.29, 1.82) is 0 Å². The van der Waals surface area contributed by atoms with Gasteiger partial charge >= 0.3 is 0 Å². The molecule has 3 aromatic rings. The molecule has 1 heteroatoms. The summed E-state index contributed by atoms with van der Waals surface area (Å²) in [6.07, 6.45) is 6.71. The predicted molar refractivity (Wildman–Crippen MR) is 84.6 cm³/mol. The second-order valence-corrected chi connectivity index (χ2v) is 6.32. The number of benzene rings is 2. The minimum absolute atomic E-state index is 0.821. The summed E-state index contributed by atoms with van der Waals surface area (Å²) in [5, 5.41) is 2.67. The number of H-pyrrole nitrogens is 1. The van der Waals surface area contributed by atoms with E-state index in [4.69, 9.17) is 0 Å². The first-order valence-electron chi connectivity index (χ1n) is 7.61. The summed E-state index contributed by atoms with van der Waals surface area (Å²) >= 11 is 0. The van der Waals surface area contributed by atoms with Gasteiger partial charge < -0.3 is 4.98 Å². The molecule has 1 fully saturated rings. The highest BCUT2D eigenvalue weighted by Crippen LogP contribution is 2.48. The van der Waals surface area contributed by atoms with Gasteiger partial charge in [-0.2, -0.15) is 0 Å². The van der Waals surface area contributed by atoms with E-state index in [1.165, 1.54) is 46.6 Å². The van der Waals surface area contributed by atoms with Gasteiger partial charge in [-0.25, -0.2) is 0 Å². The Hall–Kier alpha value is -2.02. The van der Waals surface area contributed by atoms with Crippen molar-refractivity contribution >= 4 is 27.4 Å². The van der Waals surface area contributed by atoms with E-state index in [9.17, 15) is 0 Å². The van der Waals surface area contributed by atoms with Crippen molar-refractivity contribution < 1.29 is 0 Å². The van der Waals surface area contributed by atoms with Gasteiger partial charge in [-0.3, -0.25) is 0 Å². The molecule has 2 aliphatic rings. The third kappa shape index (κ3) is 1.38. The highest BCUT2D eigenvalue weighted by atomic mass is 14.7. The molecule has 1 aromatic heterocycles. The Kier molecular flexibility index (Phi) is 2.01. The number of allylic oxidation sites excluding steroid dienone is 2. The van der Waals surface area contributed by atoms with Crippen molar-refractivity contribution in [3.8, 4) is 0 Å². The molecule has 5 rings (SSSR count). The molecule has 98 valence electrons. The van der Waals surface area contributed by atoms with Crippen LogP contribution in [0.2, 0.25) is 0 Å². The molecule has 20 heavy (non-hydrogen) atoms. The first-order chi connectivity index (χ1) is 9.88. The van der Waals surface area contributed by atoms with Gasteiger partial charge in [0.15, 0.2) is 0 Å². The largest absolute Gasteiger partial charge is 0.354 e. The Labute approximate surface area is 118 Å². The number of rotatable bonds is 1. The van der Waals surface area contributed by atoms with Gasteiger partial charge in [-0.1, -0.05) is 36.4 Å².